The standard InChI is InChI=1S/C8H7ClO3S/c1-12-6-3-2-5(9)4-7(6)13-8(10)11/h2-4H,1H3,(H,10,11). The second-order valence-electron chi connectivity index (χ2n) is 2.16. The average Bonchev–Trinajstić information content (AvgIpc) is 2.03. The summed E-state index contributed by atoms with van der Waals surface area (Å²) in [6.07, 6.45) is 0. The van der Waals surface area contributed by atoms with Gasteiger partial charge in [0.15, 0.2) is 0 Å². The molecule has 3 nitrogen and oxygen atoms in total. The highest BCUT2D eigenvalue weighted by atomic mass is 35.5. The van der Waals surface area contributed by atoms with Gasteiger partial charge in [-0.05, 0) is 30.0 Å². The first-order valence-corrected chi connectivity index (χ1v) is 4.57. The number of benzene rings is 1. The molecule has 0 unspecified atom stereocenters. The van der Waals surface area contributed by atoms with Crippen LogP contribution in [0.3, 0.4) is 0 Å². The second kappa shape index (κ2) is 4.39. The van der Waals surface area contributed by atoms with Gasteiger partial charge in [-0.3, -0.25) is 0 Å². The quantitative estimate of drug-likeness (QED) is 0.775. The third-order valence-corrected chi connectivity index (χ3v) is 2.27. The van der Waals surface area contributed by atoms with E-state index < -0.39 is 5.30 Å². The SMILES string of the molecule is COc1ccc(Cl)cc1SC(=O)O. The molecule has 0 aromatic heterocycles. The van der Waals surface area contributed by atoms with Crippen LogP contribution in [0.2, 0.25) is 5.02 Å². The van der Waals surface area contributed by atoms with Crippen LogP contribution in [0.1, 0.15) is 0 Å². The number of methoxy groups -OCH3 is 1. The zero-order valence-electron chi connectivity index (χ0n) is 6.78. The molecular weight excluding hydrogens is 212 g/mol. The van der Waals surface area contributed by atoms with E-state index in [4.69, 9.17) is 21.4 Å². The number of hydrogen-bond acceptors (Lipinski definition) is 3. The minimum atomic E-state index is -0.986. The smallest absolute Gasteiger partial charge is 0.369 e. The van der Waals surface area contributed by atoms with Crippen molar-refractivity contribution in [3.63, 3.8) is 0 Å². The van der Waals surface area contributed by atoms with Crippen LogP contribution in [0.5, 0.6) is 5.75 Å². The molecule has 0 amide bonds. The Balaban J connectivity index is 3.01. The molecular formula is C8H7ClO3S. The van der Waals surface area contributed by atoms with Crippen LogP contribution < -0.4 is 4.74 Å². The summed E-state index contributed by atoms with van der Waals surface area (Å²) in [5.74, 6) is 0.511. The third-order valence-electron chi connectivity index (χ3n) is 1.32. The highest BCUT2D eigenvalue weighted by Gasteiger charge is 2.08. The van der Waals surface area contributed by atoms with Crippen LogP contribution >= 0.6 is 23.4 Å². The molecule has 0 spiro atoms. The van der Waals surface area contributed by atoms with Crippen LogP contribution in [0.15, 0.2) is 23.1 Å². The van der Waals surface area contributed by atoms with Crippen molar-refractivity contribution in [3.8, 4) is 5.75 Å². The number of hydrogen-bond donors (Lipinski definition) is 1. The molecule has 0 saturated carbocycles. The number of halogens is 1. The van der Waals surface area contributed by atoms with Gasteiger partial charge in [0, 0.05) is 5.02 Å². The van der Waals surface area contributed by atoms with Crippen molar-refractivity contribution in [2.75, 3.05) is 7.11 Å². The zero-order valence-corrected chi connectivity index (χ0v) is 8.35. The Bertz CT molecular complexity index is 327. The Labute approximate surface area is 84.7 Å². The van der Waals surface area contributed by atoms with Crippen molar-refractivity contribution in [3.05, 3.63) is 23.2 Å². The Kier molecular flexibility index (Phi) is 3.45. The fourth-order valence-corrected chi connectivity index (χ4v) is 1.69. The largest absolute Gasteiger partial charge is 0.496 e. The number of rotatable bonds is 2. The van der Waals surface area contributed by atoms with Crippen LogP contribution in [0, 0.1) is 0 Å². The first-order valence-electron chi connectivity index (χ1n) is 3.38. The predicted molar refractivity (Wildman–Crippen MR) is 51.9 cm³/mol. The van der Waals surface area contributed by atoms with Gasteiger partial charge < -0.3 is 9.84 Å². The van der Waals surface area contributed by atoms with Crippen LogP contribution in [-0.2, 0) is 0 Å². The molecule has 1 N–H and O–H groups in total. The van der Waals surface area contributed by atoms with Crippen LogP contribution in [-0.4, -0.2) is 17.5 Å². The van der Waals surface area contributed by atoms with E-state index in [1.54, 1.807) is 18.2 Å². The lowest BCUT2D eigenvalue weighted by Gasteiger charge is -2.05. The van der Waals surface area contributed by atoms with Crippen LogP contribution in [0.25, 0.3) is 0 Å². The minimum absolute atomic E-state index is 0.490. The van der Waals surface area contributed by atoms with Crippen molar-refractivity contribution in [2.45, 2.75) is 4.90 Å². The first kappa shape index (κ1) is 10.2. The molecule has 70 valence electrons. The molecule has 0 heterocycles. The molecule has 0 saturated heterocycles. The van der Waals surface area contributed by atoms with Crippen molar-refractivity contribution < 1.29 is 14.6 Å². The maximum Gasteiger partial charge on any atom is 0.369 e. The average molecular weight is 219 g/mol. The fraction of sp³-hybridized carbons (Fsp3) is 0.125. The molecule has 0 atom stereocenters. The summed E-state index contributed by atoms with van der Waals surface area (Å²) in [5.41, 5.74) is 0. The Morgan fingerprint density at radius 3 is 2.85 bits per heavy atom. The maximum absolute atomic E-state index is 10.4. The van der Waals surface area contributed by atoms with Crippen molar-refractivity contribution in [2.24, 2.45) is 0 Å². The molecule has 1 rings (SSSR count). The molecule has 13 heavy (non-hydrogen) atoms. The van der Waals surface area contributed by atoms with Gasteiger partial charge in [-0.25, -0.2) is 4.79 Å². The molecule has 0 aliphatic rings. The zero-order chi connectivity index (χ0) is 9.84. The van der Waals surface area contributed by atoms with E-state index in [9.17, 15) is 4.79 Å². The normalized spacial score (nSPS) is 9.69. The highest BCUT2D eigenvalue weighted by molar-refractivity contribution is 8.13. The lowest BCUT2D eigenvalue weighted by atomic mass is 10.3. The summed E-state index contributed by atoms with van der Waals surface area (Å²) in [5, 5.41) is 8.05. The van der Waals surface area contributed by atoms with Gasteiger partial charge >= 0.3 is 5.30 Å². The van der Waals surface area contributed by atoms with Gasteiger partial charge in [0.2, 0.25) is 0 Å². The topological polar surface area (TPSA) is 46.5 Å². The molecule has 5 heteroatoms. The van der Waals surface area contributed by atoms with E-state index in [0.29, 0.717) is 27.4 Å². The summed E-state index contributed by atoms with van der Waals surface area (Å²) in [6.45, 7) is 0. The van der Waals surface area contributed by atoms with Crippen LogP contribution in [0.4, 0.5) is 4.79 Å². The number of thioether (sulfide) groups is 1. The van der Waals surface area contributed by atoms with Gasteiger partial charge in [0.1, 0.15) is 5.75 Å². The highest BCUT2D eigenvalue weighted by Crippen LogP contribution is 2.31. The monoisotopic (exact) mass is 218 g/mol. The lowest BCUT2D eigenvalue weighted by molar-refractivity contribution is 0.222. The lowest BCUT2D eigenvalue weighted by Crippen LogP contribution is -1.89. The summed E-state index contributed by atoms with van der Waals surface area (Å²) >= 11 is 6.37. The minimum Gasteiger partial charge on any atom is -0.496 e. The van der Waals surface area contributed by atoms with E-state index in [1.165, 1.54) is 7.11 Å². The van der Waals surface area contributed by atoms with E-state index >= 15 is 0 Å². The van der Waals surface area contributed by atoms with Gasteiger partial charge in [0.25, 0.3) is 0 Å². The molecule has 0 fully saturated rings. The van der Waals surface area contributed by atoms with Crippen molar-refractivity contribution in [1.82, 2.24) is 0 Å². The van der Waals surface area contributed by atoms with Crippen molar-refractivity contribution in [1.29, 1.82) is 0 Å². The van der Waals surface area contributed by atoms with Gasteiger partial charge in [-0.2, -0.15) is 0 Å². The first-order chi connectivity index (χ1) is 6.13. The number of carboxylic acid groups (broad SMARTS) is 1. The molecule has 1 aromatic rings. The van der Waals surface area contributed by atoms with Crippen molar-refractivity contribution >= 4 is 28.7 Å². The van der Waals surface area contributed by atoms with Gasteiger partial charge in [0.05, 0.1) is 12.0 Å². The number of carbonyl (C=O) groups is 1. The predicted octanol–water partition coefficient (Wildman–Crippen LogP) is 3.12. The summed E-state index contributed by atoms with van der Waals surface area (Å²) < 4.78 is 4.96. The van der Waals surface area contributed by atoms with E-state index in [1.807, 2.05) is 0 Å². The Morgan fingerprint density at radius 2 is 2.31 bits per heavy atom. The Hall–Kier alpha value is -0.870. The summed E-state index contributed by atoms with van der Waals surface area (Å²) in [4.78, 5) is 10.9. The Morgan fingerprint density at radius 1 is 1.62 bits per heavy atom. The molecule has 1 aromatic carbocycles. The maximum atomic E-state index is 10.4. The van der Waals surface area contributed by atoms with Gasteiger partial charge in [-0.1, -0.05) is 11.6 Å². The summed E-state index contributed by atoms with van der Waals surface area (Å²) in [6, 6.07) is 4.83. The third kappa shape index (κ3) is 2.82. The summed E-state index contributed by atoms with van der Waals surface area (Å²) in [7, 11) is 1.48. The fourth-order valence-electron chi connectivity index (χ4n) is 0.824. The number of ether oxygens (including phenoxy) is 1. The molecule has 0 bridgehead atoms. The van der Waals surface area contributed by atoms with E-state index in [0.717, 1.165) is 0 Å². The molecule has 0 radical (unpaired) electrons. The second-order valence-corrected chi connectivity index (χ2v) is 3.59. The van der Waals surface area contributed by atoms with E-state index in [-0.39, 0.29) is 0 Å². The molecule has 0 aliphatic carbocycles. The van der Waals surface area contributed by atoms with E-state index in [2.05, 4.69) is 0 Å². The molecule has 0 aliphatic heterocycles. The van der Waals surface area contributed by atoms with Gasteiger partial charge in [-0.15, -0.1) is 0 Å².